The Bertz CT molecular complexity index is 1320. The summed E-state index contributed by atoms with van der Waals surface area (Å²) in [5.41, 5.74) is -3.59. The van der Waals surface area contributed by atoms with Crippen molar-refractivity contribution >= 4 is 21.7 Å². The smallest absolute Gasteiger partial charge is 0.416 e. The third-order valence-corrected chi connectivity index (χ3v) is 5.75. The Morgan fingerprint density at radius 2 is 1.35 bits per heavy atom. The van der Waals surface area contributed by atoms with Crippen LogP contribution in [0.25, 0.3) is 0 Å². The molecule has 0 spiro atoms. The number of anilines is 1. The summed E-state index contributed by atoms with van der Waals surface area (Å²) in [6.45, 7) is 0. The van der Waals surface area contributed by atoms with Crippen molar-refractivity contribution in [3.63, 3.8) is 0 Å². The summed E-state index contributed by atoms with van der Waals surface area (Å²) < 4.78 is 110. The molecule has 0 atom stereocenters. The van der Waals surface area contributed by atoms with E-state index in [2.05, 4.69) is 0 Å². The minimum absolute atomic E-state index is 0.350. The van der Waals surface area contributed by atoms with E-state index in [1.165, 1.54) is 12.1 Å². The van der Waals surface area contributed by atoms with Gasteiger partial charge in [-0.15, -0.1) is 0 Å². The fraction of sp³-hybridized carbons (Fsp3) is 0.0952. The molecule has 0 saturated heterocycles. The monoisotopic (exact) mass is 504 g/mol. The lowest BCUT2D eigenvalue weighted by Gasteiger charge is -2.18. The number of halogens is 6. The van der Waals surface area contributed by atoms with Gasteiger partial charge in [-0.2, -0.15) is 26.3 Å². The average Bonchev–Trinajstić information content (AvgIpc) is 2.73. The highest BCUT2D eigenvalue weighted by atomic mass is 32.2. The largest absolute Gasteiger partial charge is 0.545 e. The van der Waals surface area contributed by atoms with E-state index in [4.69, 9.17) is 4.74 Å². The van der Waals surface area contributed by atoms with Crippen LogP contribution in [0.15, 0.2) is 71.6 Å². The minimum atomic E-state index is -4.88. The van der Waals surface area contributed by atoms with Crippen LogP contribution in [0.1, 0.15) is 21.5 Å². The van der Waals surface area contributed by atoms with E-state index in [1.54, 1.807) is 0 Å². The van der Waals surface area contributed by atoms with Gasteiger partial charge in [-0.25, -0.2) is 8.42 Å². The summed E-state index contributed by atoms with van der Waals surface area (Å²) in [4.78, 5) is 10.6. The molecule has 0 radical (unpaired) electrons. The van der Waals surface area contributed by atoms with Crippen LogP contribution in [0.3, 0.4) is 0 Å². The van der Waals surface area contributed by atoms with Crippen LogP contribution in [0.4, 0.5) is 32.0 Å². The summed E-state index contributed by atoms with van der Waals surface area (Å²) in [5.74, 6) is -2.51. The number of ether oxygens (including phenoxy) is 1. The lowest BCUT2D eigenvalue weighted by molar-refractivity contribution is -0.255. The van der Waals surface area contributed by atoms with Crippen LogP contribution in [0.5, 0.6) is 11.5 Å². The SMILES string of the molecule is O=C([O-])c1ccccc1Oc1ccc(C(F)(F)F)cc1NS(=O)(=O)c1ccc(C(F)(F)F)cc1. The van der Waals surface area contributed by atoms with Gasteiger partial charge in [-0.1, -0.05) is 12.1 Å². The van der Waals surface area contributed by atoms with Gasteiger partial charge in [0.2, 0.25) is 0 Å². The number of para-hydroxylation sites is 1. The van der Waals surface area contributed by atoms with Crippen molar-refractivity contribution < 1.29 is 49.4 Å². The maximum atomic E-state index is 13.2. The van der Waals surface area contributed by atoms with Crippen molar-refractivity contribution in [2.75, 3.05) is 4.72 Å². The highest BCUT2D eigenvalue weighted by Crippen LogP contribution is 2.38. The highest BCUT2D eigenvalue weighted by molar-refractivity contribution is 7.92. The van der Waals surface area contributed by atoms with Gasteiger partial charge in [0.05, 0.1) is 27.7 Å². The average molecular weight is 504 g/mol. The molecule has 0 aliphatic rings. The molecule has 3 aromatic rings. The van der Waals surface area contributed by atoms with Crippen LogP contribution >= 0.6 is 0 Å². The van der Waals surface area contributed by atoms with Gasteiger partial charge in [0, 0.05) is 5.56 Å². The van der Waals surface area contributed by atoms with Gasteiger partial charge in [0.1, 0.15) is 5.75 Å². The maximum Gasteiger partial charge on any atom is 0.416 e. The van der Waals surface area contributed by atoms with Crippen LogP contribution < -0.4 is 14.6 Å². The standard InChI is InChI=1S/C21H13F6NO5S/c22-20(23,24)12-5-8-14(9-6-12)34(31,32)28-16-11-13(21(25,26)27)7-10-18(16)33-17-4-2-1-3-15(17)19(29)30/h1-11,28H,(H,29,30)/p-1. The first-order chi connectivity index (χ1) is 15.7. The molecule has 1 N–H and O–H groups in total. The first kappa shape index (κ1) is 24.9. The van der Waals surface area contributed by atoms with Gasteiger partial charge in [-0.3, -0.25) is 4.72 Å². The fourth-order valence-corrected chi connectivity index (χ4v) is 3.81. The number of rotatable bonds is 6. The molecule has 0 bridgehead atoms. The molecule has 6 nitrogen and oxygen atoms in total. The predicted octanol–water partition coefficient (Wildman–Crippen LogP) is 4.68. The maximum absolute atomic E-state index is 13.2. The van der Waals surface area contributed by atoms with E-state index in [0.29, 0.717) is 36.4 Å². The Kier molecular flexibility index (Phi) is 6.51. The topological polar surface area (TPSA) is 95.5 Å². The van der Waals surface area contributed by atoms with Crippen molar-refractivity contribution in [2.45, 2.75) is 17.2 Å². The number of nitrogens with one attached hydrogen (secondary N) is 1. The van der Waals surface area contributed by atoms with Crippen LogP contribution in [0.2, 0.25) is 0 Å². The molecule has 0 heterocycles. The Hall–Kier alpha value is -3.74. The van der Waals surface area contributed by atoms with Gasteiger partial charge in [0.15, 0.2) is 5.75 Å². The number of carbonyl (C=O) groups is 1. The summed E-state index contributed by atoms with van der Waals surface area (Å²) >= 11 is 0. The summed E-state index contributed by atoms with van der Waals surface area (Å²) in [6.07, 6.45) is -9.61. The Morgan fingerprint density at radius 3 is 1.91 bits per heavy atom. The zero-order chi connectivity index (χ0) is 25.3. The van der Waals surface area contributed by atoms with Gasteiger partial charge in [0.25, 0.3) is 10.0 Å². The third kappa shape index (κ3) is 5.60. The molecule has 0 saturated carbocycles. The van der Waals surface area contributed by atoms with Gasteiger partial charge in [-0.05, 0) is 54.6 Å². The number of alkyl halides is 6. The van der Waals surface area contributed by atoms with Gasteiger partial charge < -0.3 is 14.6 Å². The summed E-state index contributed by atoms with van der Waals surface area (Å²) in [5, 5.41) is 11.3. The molecular formula is C21H12F6NO5S-. The first-order valence-corrected chi connectivity index (χ1v) is 10.6. The highest BCUT2D eigenvalue weighted by Gasteiger charge is 2.33. The number of benzene rings is 3. The molecule has 13 heteroatoms. The number of carbonyl (C=O) groups excluding carboxylic acids is 1. The molecule has 0 aromatic heterocycles. The van der Waals surface area contributed by atoms with E-state index in [1.807, 2.05) is 4.72 Å². The third-order valence-electron chi connectivity index (χ3n) is 4.37. The van der Waals surface area contributed by atoms with Crippen LogP contribution in [-0.4, -0.2) is 14.4 Å². The second-order valence-electron chi connectivity index (χ2n) is 6.72. The van der Waals surface area contributed by atoms with Gasteiger partial charge >= 0.3 is 12.4 Å². The Morgan fingerprint density at radius 1 is 0.794 bits per heavy atom. The molecule has 3 aromatic carbocycles. The zero-order valence-corrected chi connectivity index (χ0v) is 17.4. The lowest BCUT2D eigenvalue weighted by atomic mass is 10.1. The molecule has 34 heavy (non-hydrogen) atoms. The molecule has 3 rings (SSSR count). The van der Waals surface area contributed by atoms with Crippen molar-refractivity contribution in [3.8, 4) is 11.5 Å². The lowest BCUT2D eigenvalue weighted by Crippen LogP contribution is -2.22. The number of hydrogen-bond acceptors (Lipinski definition) is 5. The quantitative estimate of drug-likeness (QED) is 0.492. The number of hydrogen-bond donors (Lipinski definition) is 1. The molecule has 180 valence electrons. The Balaban J connectivity index is 2.04. The second kappa shape index (κ2) is 8.89. The van der Waals surface area contributed by atoms with E-state index < -0.39 is 61.4 Å². The van der Waals surface area contributed by atoms with E-state index in [0.717, 1.165) is 18.2 Å². The number of carboxylic acid groups (broad SMARTS) is 1. The van der Waals surface area contributed by atoms with Crippen LogP contribution in [-0.2, 0) is 22.4 Å². The summed E-state index contributed by atoms with van der Waals surface area (Å²) in [6, 6.07) is 8.94. The Labute approximate surface area is 188 Å². The second-order valence-corrected chi connectivity index (χ2v) is 8.40. The van der Waals surface area contributed by atoms with E-state index >= 15 is 0 Å². The first-order valence-electron chi connectivity index (χ1n) is 9.08. The molecule has 0 aliphatic heterocycles. The number of aromatic carboxylic acids is 1. The molecule has 0 unspecified atom stereocenters. The minimum Gasteiger partial charge on any atom is -0.545 e. The number of carboxylic acids is 1. The van der Waals surface area contributed by atoms with Crippen molar-refractivity contribution in [2.24, 2.45) is 0 Å². The predicted molar refractivity (Wildman–Crippen MR) is 105 cm³/mol. The van der Waals surface area contributed by atoms with Crippen molar-refractivity contribution in [3.05, 3.63) is 83.4 Å². The van der Waals surface area contributed by atoms with E-state index in [9.17, 15) is 44.7 Å². The number of sulfonamides is 1. The van der Waals surface area contributed by atoms with Crippen molar-refractivity contribution in [1.29, 1.82) is 0 Å². The molecule has 0 fully saturated rings. The molecular weight excluding hydrogens is 492 g/mol. The summed E-state index contributed by atoms with van der Waals surface area (Å²) in [7, 11) is -4.67. The molecule has 0 aliphatic carbocycles. The normalized spacial score (nSPS) is 12.3. The van der Waals surface area contributed by atoms with Crippen molar-refractivity contribution in [1.82, 2.24) is 0 Å². The zero-order valence-electron chi connectivity index (χ0n) is 16.6. The van der Waals surface area contributed by atoms with E-state index in [-0.39, 0.29) is 5.75 Å². The molecule has 0 amide bonds. The van der Waals surface area contributed by atoms with Crippen LogP contribution in [0, 0.1) is 0 Å². The fourth-order valence-electron chi connectivity index (χ4n) is 2.74.